The van der Waals surface area contributed by atoms with Gasteiger partial charge >= 0.3 is 0 Å². The van der Waals surface area contributed by atoms with Gasteiger partial charge in [-0.15, -0.1) is 0 Å². The quantitative estimate of drug-likeness (QED) is 0.502. The molecule has 0 aliphatic heterocycles. The van der Waals surface area contributed by atoms with Gasteiger partial charge in [0.2, 0.25) is 0 Å². The maximum Gasteiger partial charge on any atom is 0.132 e. The van der Waals surface area contributed by atoms with Gasteiger partial charge in [-0.1, -0.05) is 27.2 Å². The van der Waals surface area contributed by atoms with Crippen LogP contribution in [0.2, 0.25) is 0 Å². The highest BCUT2D eigenvalue weighted by Gasteiger charge is 2.02. The van der Waals surface area contributed by atoms with Crippen molar-refractivity contribution in [3.05, 3.63) is 0 Å². The fourth-order valence-corrected chi connectivity index (χ4v) is 1.98. The lowest BCUT2D eigenvalue weighted by Crippen LogP contribution is -2.26. The van der Waals surface area contributed by atoms with Gasteiger partial charge in [-0.3, -0.25) is 4.79 Å². The van der Waals surface area contributed by atoms with E-state index in [9.17, 15) is 4.79 Å². The second-order valence-corrected chi connectivity index (χ2v) is 4.54. The molecule has 0 aromatic carbocycles. The minimum Gasteiger partial charge on any atom is -0.303 e. The smallest absolute Gasteiger partial charge is 0.132 e. The number of nitrogens with zero attached hydrogens (tertiary/aromatic N) is 1. The summed E-state index contributed by atoms with van der Waals surface area (Å²) in [7, 11) is 0. The lowest BCUT2D eigenvalue weighted by Gasteiger charge is -2.20. The first-order valence-corrected chi connectivity index (χ1v) is 6.98. The van der Waals surface area contributed by atoms with E-state index in [1.807, 2.05) is 6.92 Å². The van der Waals surface area contributed by atoms with Crippen LogP contribution in [0, 0.1) is 0 Å². The molecular formula is C14H29NO. The Labute approximate surface area is 101 Å². The van der Waals surface area contributed by atoms with Crippen molar-refractivity contribution >= 4 is 5.78 Å². The summed E-state index contributed by atoms with van der Waals surface area (Å²) >= 11 is 0. The molecule has 0 rings (SSSR count). The summed E-state index contributed by atoms with van der Waals surface area (Å²) in [6.45, 7) is 10.1. The monoisotopic (exact) mass is 227 g/mol. The molecule has 0 aromatic rings. The van der Waals surface area contributed by atoms with E-state index >= 15 is 0 Å². The zero-order valence-electron chi connectivity index (χ0n) is 11.4. The topological polar surface area (TPSA) is 20.3 Å². The molecule has 0 N–H and O–H groups in total. The van der Waals surface area contributed by atoms with Gasteiger partial charge in [0.1, 0.15) is 5.78 Å². The molecule has 0 aromatic heterocycles. The van der Waals surface area contributed by atoms with Crippen LogP contribution in [0.1, 0.15) is 65.7 Å². The number of unbranched alkanes of at least 4 members (excludes halogenated alkanes) is 2. The molecular weight excluding hydrogens is 198 g/mol. The Morgan fingerprint density at radius 3 is 2.00 bits per heavy atom. The number of Topliss-reactive ketones (excluding diaryl/α,β-unsaturated/α-hetero) is 1. The molecule has 16 heavy (non-hydrogen) atoms. The van der Waals surface area contributed by atoms with Crippen molar-refractivity contribution < 1.29 is 4.79 Å². The highest BCUT2D eigenvalue weighted by atomic mass is 16.1. The van der Waals surface area contributed by atoms with Gasteiger partial charge in [0.15, 0.2) is 0 Å². The van der Waals surface area contributed by atoms with Crippen molar-refractivity contribution in [1.82, 2.24) is 4.90 Å². The van der Waals surface area contributed by atoms with Crippen LogP contribution in [0.15, 0.2) is 0 Å². The summed E-state index contributed by atoms with van der Waals surface area (Å²) in [5.74, 6) is 0.416. The number of hydrogen-bond acceptors (Lipinski definition) is 2. The van der Waals surface area contributed by atoms with E-state index in [4.69, 9.17) is 0 Å². The standard InChI is InChI=1S/C14H29NO/c1-4-11-15(12-5-2)13-9-7-8-10-14(16)6-3/h4-13H2,1-3H3. The molecule has 0 amide bonds. The average Bonchev–Trinajstić information content (AvgIpc) is 2.28. The number of carbonyl (C=O) groups is 1. The average molecular weight is 227 g/mol. The highest BCUT2D eigenvalue weighted by molar-refractivity contribution is 5.77. The zero-order chi connectivity index (χ0) is 12.2. The van der Waals surface area contributed by atoms with E-state index in [-0.39, 0.29) is 0 Å². The lowest BCUT2D eigenvalue weighted by molar-refractivity contribution is -0.118. The summed E-state index contributed by atoms with van der Waals surface area (Å²) in [5, 5.41) is 0. The maximum atomic E-state index is 11.1. The second-order valence-electron chi connectivity index (χ2n) is 4.54. The Morgan fingerprint density at radius 2 is 1.50 bits per heavy atom. The third-order valence-corrected chi connectivity index (χ3v) is 2.90. The Hall–Kier alpha value is -0.370. The van der Waals surface area contributed by atoms with Crippen molar-refractivity contribution in [3.63, 3.8) is 0 Å². The molecule has 96 valence electrons. The van der Waals surface area contributed by atoms with Crippen molar-refractivity contribution in [2.24, 2.45) is 0 Å². The molecule has 0 heterocycles. The molecule has 0 atom stereocenters. The van der Waals surface area contributed by atoms with Gasteiger partial charge in [-0.2, -0.15) is 0 Å². The number of carbonyl (C=O) groups excluding carboxylic acids is 1. The molecule has 0 fully saturated rings. The summed E-state index contributed by atoms with van der Waals surface area (Å²) in [6.07, 6.45) is 7.52. The molecule has 2 nitrogen and oxygen atoms in total. The molecule has 0 aliphatic rings. The predicted octanol–water partition coefficient (Wildman–Crippen LogP) is 3.65. The van der Waals surface area contributed by atoms with E-state index in [0.717, 1.165) is 12.8 Å². The summed E-state index contributed by atoms with van der Waals surface area (Å²) in [6, 6.07) is 0. The molecule has 0 radical (unpaired) electrons. The molecule has 0 bridgehead atoms. The molecule has 0 aliphatic carbocycles. The van der Waals surface area contributed by atoms with Gasteiger partial charge < -0.3 is 4.90 Å². The minimum atomic E-state index is 0.416. The van der Waals surface area contributed by atoms with Gasteiger partial charge in [-0.25, -0.2) is 0 Å². The predicted molar refractivity (Wildman–Crippen MR) is 70.8 cm³/mol. The van der Waals surface area contributed by atoms with E-state index < -0.39 is 0 Å². The van der Waals surface area contributed by atoms with Crippen LogP contribution in [-0.4, -0.2) is 30.3 Å². The Balaban J connectivity index is 3.42. The number of hydrogen-bond donors (Lipinski definition) is 0. The van der Waals surface area contributed by atoms with E-state index in [0.29, 0.717) is 12.2 Å². The normalized spacial score (nSPS) is 11.0. The number of rotatable bonds is 11. The van der Waals surface area contributed by atoms with Gasteiger partial charge in [-0.05, 0) is 45.3 Å². The van der Waals surface area contributed by atoms with Gasteiger partial charge in [0.05, 0.1) is 0 Å². The summed E-state index contributed by atoms with van der Waals surface area (Å²) in [4.78, 5) is 13.6. The largest absolute Gasteiger partial charge is 0.303 e. The van der Waals surface area contributed by atoms with E-state index in [1.54, 1.807) is 0 Å². The Morgan fingerprint density at radius 1 is 0.875 bits per heavy atom. The zero-order valence-corrected chi connectivity index (χ0v) is 11.4. The number of ketones is 1. The fourth-order valence-electron chi connectivity index (χ4n) is 1.98. The van der Waals surface area contributed by atoms with E-state index in [1.165, 1.54) is 45.3 Å². The summed E-state index contributed by atoms with van der Waals surface area (Å²) in [5.41, 5.74) is 0. The molecule has 2 heteroatoms. The van der Waals surface area contributed by atoms with Gasteiger partial charge in [0.25, 0.3) is 0 Å². The van der Waals surface area contributed by atoms with Crippen molar-refractivity contribution in [1.29, 1.82) is 0 Å². The third kappa shape index (κ3) is 8.90. The van der Waals surface area contributed by atoms with Crippen molar-refractivity contribution in [2.45, 2.75) is 65.7 Å². The molecule has 0 unspecified atom stereocenters. The first-order chi connectivity index (χ1) is 7.74. The van der Waals surface area contributed by atoms with Crippen LogP contribution in [0.5, 0.6) is 0 Å². The molecule has 0 spiro atoms. The second kappa shape index (κ2) is 11.1. The molecule has 0 saturated carbocycles. The third-order valence-electron chi connectivity index (χ3n) is 2.90. The maximum absolute atomic E-state index is 11.1. The first kappa shape index (κ1) is 15.6. The van der Waals surface area contributed by atoms with Crippen LogP contribution in [0.25, 0.3) is 0 Å². The van der Waals surface area contributed by atoms with Crippen LogP contribution in [-0.2, 0) is 4.79 Å². The summed E-state index contributed by atoms with van der Waals surface area (Å²) < 4.78 is 0. The highest BCUT2D eigenvalue weighted by Crippen LogP contribution is 2.04. The van der Waals surface area contributed by atoms with Gasteiger partial charge in [0, 0.05) is 12.8 Å². The van der Waals surface area contributed by atoms with E-state index in [2.05, 4.69) is 18.7 Å². The lowest BCUT2D eigenvalue weighted by atomic mass is 10.1. The Bertz CT molecular complexity index is 162. The SMILES string of the molecule is CCCN(CCC)CCCCCC(=O)CC. The minimum absolute atomic E-state index is 0.416. The fraction of sp³-hybridized carbons (Fsp3) is 0.929. The molecule has 0 saturated heterocycles. The Kier molecular flexibility index (Phi) is 10.9. The first-order valence-electron chi connectivity index (χ1n) is 6.98. The van der Waals surface area contributed by atoms with Crippen LogP contribution >= 0.6 is 0 Å². The van der Waals surface area contributed by atoms with Crippen molar-refractivity contribution in [3.8, 4) is 0 Å². The van der Waals surface area contributed by atoms with Crippen LogP contribution in [0.3, 0.4) is 0 Å². The van der Waals surface area contributed by atoms with Crippen LogP contribution < -0.4 is 0 Å². The van der Waals surface area contributed by atoms with Crippen molar-refractivity contribution in [2.75, 3.05) is 19.6 Å². The van der Waals surface area contributed by atoms with Crippen LogP contribution in [0.4, 0.5) is 0 Å².